The average Bonchev–Trinajstić information content (AvgIpc) is 2.79. The van der Waals surface area contributed by atoms with Gasteiger partial charge in [-0.3, -0.25) is 0 Å². The molecule has 0 saturated carbocycles. The minimum atomic E-state index is -3.36. The SMILES string of the molecule is CNCc1ccc(S(=O)(=O)N2CCOCC2C)s1. The van der Waals surface area contributed by atoms with Crippen molar-refractivity contribution in [1.82, 2.24) is 9.62 Å². The van der Waals surface area contributed by atoms with Gasteiger partial charge in [-0.2, -0.15) is 4.31 Å². The van der Waals surface area contributed by atoms with Crippen LogP contribution in [-0.2, 0) is 21.3 Å². The van der Waals surface area contributed by atoms with Gasteiger partial charge in [0.15, 0.2) is 0 Å². The van der Waals surface area contributed by atoms with E-state index in [1.807, 2.05) is 20.0 Å². The molecule has 7 heteroatoms. The Morgan fingerprint density at radius 3 is 3.00 bits per heavy atom. The maximum absolute atomic E-state index is 12.5. The van der Waals surface area contributed by atoms with E-state index in [4.69, 9.17) is 4.74 Å². The Bertz CT molecular complexity index is 498. The molecule has 0 aliphatic carbocycles. The lowest BCUT2D eigenvalue weighted by Crippen LogP contribution is -2.46. The molecule has 0 spiro atoms. The number of nitrogens with one attached hydrogen (secondary N) is 1. The van der Waals surface area contributed by atoms with Crippen molar-refractivity contribution in [1.29, 1.82) is 0 Å². The molecule has 1 fully saturated rings. The Morgan fingerprint density at radius 2 is 2.33 bits per heavy atom. The summed E-state index contributed by atoms with van der Waals surface area (Å²) in [5.74, 6) is 0. The van der Waals surface area contributed by atoms with E-state index >= 15 is 0 Å². The van der Waals surface area contributed by atoms with Crippen LogP contribution in [0.25, 0.3) is 0 Å². The van der Waals surface area contributed by atoms with Crippen LogP contribution in [0.4, 0.5) is 0 Å². The second kappa shape index (κ2) is 5.66. The highest BCUT2D eigenvalue weighted by Crippen LogP contribution is 2.27. The largest absolute Gasteiger partial charge is 0.378 e. The summed E-state index contributed by atoms with van der Waals surface area (Å²) in [6.45, 7) is 3.94. The lowest BCUT2D eigenvalue weighted by Gasteiger charge is -2.31. The summed E-state index contributed by atoms with van der Waals surface area (Å²) in [5.41, 5.74) is 0. The van der Waals surface area contributed by atoms with Gasteiger partial charge in [0.25, 0.3) is 10.0 Å². The molecule has 1 aromatic rings. The van der Waals surface area contributed by atoms with E-state index in [0.717, 1.165) is 4.88 Å². The Morgan fingerprint density at radius 1 is 1.56 bits per heavy atom. The monoisotopic (exact) mass is 290 g/mol. The van der Waals surface area contributed by atoms with Crippen LogP contribution in [-0.4, -0.2) is 45.6 Å². The third kappa shape index (κ3) is 2.75. The summed E-state index contributed by atoms with van der Waals surface area (Å²) in [5, 5.41) is 3.02. The zero-order valence-corrected chi connectivity index (χ0v) is 12.2. The van der Waals surface area contributed by atoms with E-state index < -0.39 is 10.0 Å². The van der Waals surface area contributed by atoms with Crippen LogP contribution >= 0.6 is 11.3 Å². The van der Waals surface area contributed by atoms with Gasteiger partial charge in [0, 0.05) is 24.0 Å². The van der Waals surface area contributed by atoms with E-state index in [0.29, 0.717) is 30.5 Å². The lowest BCUT2D eigenvalue weighted by molar-refractivity contribution is 0.0393. The summed E-state index contributed by atoms with van der Waals surface area (Å²) < 4.78 is 32.2. The normalized spacial score (nSPS) is 22.2. The van der Waals surface area contributed by atoms with E-state index in [2.05, 4.69) is 5.32 Å². The first kappa shape index (κ1) is 14.0. The number of hydrogen-bond donors (Lipinski definition) is 1. The molecule has 18 heavy (non-hydrogen) atoms. The summed E-state index contributed by atoms with van der Waals surface area (Å²) in [7, 11) is -1.52. The van der Waals surface area contributed by atoms with Gasteiger partial charge in [0.1, 0.15) is 4.21 Å². The van der Waals surface area contributed by atoms with Gasteiger partial charge in [-0.15, -0.1) is 11.3 Å². The molecule has 1 aliphatic heterocycles. The fourth-order valence-corrected chi connectivity index (χ4v) is 5.05. The fourth-order valence-electron chi connectivity index (χ4n) is 1.95. The van der Waals surface area contributed by atoms with Crippen molar-refractivity contribution in [2.24, 2.45) is 0 Å². The molecule has 1 unspecified atom stereocenters. The van der Waals surface area contributed by atoms with Crippen LogP contribution in [0, 0.1) is 0 Å². The van der Waals surface area contributed by atoms with Crippen LogP contribution in [0.15, 0.2) is 16.3 Å². The maximum Gasteiger partial charge on any atom is 0.252 e. The van der Waals surface area contributed by atoms with Crippen molar-refractivity contribution in [2.75, 3.05) is 26.8 Å². The van der Waals surface area contributed by atoms with Crippen molar-refractivity contribution in [3.8, 4) is 0 Å². The van der Waals surface area contributed by atoms with Crippen LogP contribution < -0.4 is 5.32 Å². The highest BCUT2D eigenvalue weighted by Gasteiger charge is 2.32. The van der Waals surface area contributed by atoms with Gasteiger partial charge in [-0.05, 0) is 26.1 Å². The standard InChI is InChI=1S/C11H18N2O3S2/c1-9-8-16-6-5-13(9)18(14,15)11-4-3-10(17-11)7-12-2/h3-4,9,12H,5-8H2,1-2H3. The molecule has 0 amide bonds. The molecular formula is C11H18N2O3S2. The van der Waals surface area contributed by atoms with E-state index in [1.165, 1.54) is 15.6 Å². The molecule has 0 radical (unpaired) electrons. The number of morpholine rings is 1. The predicted octanol–water partition coefficient (Wildman–Crippen LogP) is 0.877. The predicted molar refractivity (Wildman–Crippen MR) is 71.3 cm³/mol. The molecule has 1 aromatic heterocycles. The van der Waals surface area contributed by atoms with Crippen molar-refractivity contribution < 1.29 is 13.2 Å². The quantitative estimate of drug-likeness (QED) is 0.894. The van der Waals surface area contributed by atoms with Gasteiger partial charge in [0.05, 0.1) is 13.2 Å². The van der Waals surface area contributed by atoms with Gasteiger partial charge in [0.2, 0.25) is 0 Å². The van der Waals surface area contributed by atoms with Crippen molar-refractivity contribution in [3.63, 3.8) is 0 Å². The maximum atomic E-state index is 12.5. The zero-order valence-electron chi connectivity index (χ0n) is 10.5. The summed E-state index contributed by atoms with van der Waals surface area (Å²) in [6, 6.07) is 3.45. The number of ether oxygens (including phenoxy) is 1. The number of thiophene rings is 1. The Labute approximate surface area is 112 Å². The van der Waals surface area contributed by atoms with Gasteiger partial charge in [-0.1, -0.05) is 0 Å². The van der Waals surface area contributed by atoms with Crippen LogP contribution in [0.2, 0.25) is 0 Å². The first-order valence-electron chi connectivity index (χ1n) is 5.88. The molecule has 1 N–H and O–H groups in total. The highest BCUT2D eigenvalue weighted by molar-refractivity contribution is 7.91. The molecular weight excluding hydrogens is 272 g/mol. The number of nitrogens with zero attached hydrogens (tertiary/aromatic N) is 1. The van der Waals surface area contributed by atoms with E-state index in [1.54, 1.807) is 6.07 Å². The first-order valence-corrected chi connectivity index (χ1v) is 8.14. The van der Waals surface area contributed by atoms with E-state index in [-0.39, 0.29) is 6.04 Å². The first-order chi connectivity index (χ1) is 8.55. The van der Waals surface area contributed by atoms with E-state index in [9.17, 15) is 8.42 Å². The summed E-state index contributed by atoms with van der Waals surface area (Å²) >= 11 is 1.33. The molecule has 2 rings (SSSR count). The van der Waals surface area contributed by atoms with Crippen molar-refractivity contribution in [3.05, 3.63) is 17.0 Å². The Balaban J connectivity index is 2.23. The second-order valence-corrected chi connectivity index (χ2v) is 7.58. The molecule has 5 nitrogen and oxygen atoms in total. The molecule has 1 atom stereocenters. The van der Waals surface area contributed by atoms with Gasteiger partial charge < -0.3 is 10.1 Å². The Kier molecular flexibility index (Phi) is 4.39. The number of hydrogen-bond acceptors (Lipinski definition) is 5. The average molecular weight is 290 g/mol. The van der Waals surface area contributed by atoms with Gasteiger partial charge >= 0.3 is 0 Å². The van der Waals surface area contributed by atoms with Crippen LogP contribution in [0.1, 0.15) is 11.8 Å². The van der Waals surface area contributed by atoms with Gasteiger partial charge in [-0.25, -0.2) is 8.42 Å². The van der Waals surface area contributed by atoms with Crippen molar-refractivity contribution >= 4 is 21.4 Å². The lowest BCUT2D eigenvalue weighted by atomic mass is 10.3. The highest BCUT2D eigenvalue weighted by atomic mass is 32.2. The third-order valence-corrected chi connectivity index (χ3v) is 6.42. The smallest absolute Gasteiger partial charge is 0.252 e. The van der Waals surface area contributed by atoms with Crippen LogP contribution in [0.5, 0.6) is 0 Å². The van der Waals surface area contributed by atoms with Crippen LogP contribution in [0.3, 0.4) is 0 Å². The topological polar surface area (TPSA) is 58.6 Å². The second-order valence-electron chi connectivity index (χ2n) is 4.29. The minimum Gasteiger partial charge on any atom is -0.378 e. The number of sulfonamides is 1. The minimum absolute atomic E-state index is 0.0985. The summed E-state index contributed by atoms with van der Waals surface area (Å²) in [4.78, 5) is 1.02. The number of rotatable bonds is 4. The fraction of sp³-hybridized carbons (Fsp3) is 0.636. The molecule has 102 valence electrons. The van der Waals surface area contributed by atoms with Crippen molar-refractivity contribution in [2.45, 2.75) is 23.7 Å². The zero-order chi connectivity index (χ0) is 13.2. The third-order valence-electron chi connectivity index (χ3n) is 2.86. The molecule has 0 aromatic carbocycles. The molecule has 1 aliphatic rings. The molecule has 2 heterocycles. The molecule has 0 bridgehead atoms. The Hall–Kier alpha value is -0.470. The molecule has 1 saturated heterocycles. The summed E-state index contributed by atoms with van der Waals surface area (Å²) in [6.07, 6.45) is 0.